The van der Waals surface area contributed by atoms with E-state index in [4.69, 9.17) is 5.73 Å². The van der Waals surface area contributed by atoms with Crippen molar-refractivity contribution in [3.05, 3.63) is 34.3 Å². The largest absolute Gasteiger partial charge is 0.373 e. The topological polar surface area (TPSA) is 75.9 Å². The van der Waals surface area contributed by atoms with Gasteiger partial charge in [0, 0.05) is 17.6 Å². The Morgan fingerprint density at radius 2 is 1.89 bits per heavy atom. The summed E-state index contributed by atoms with van der Waals surface area (Å²) in [6, 6.07) is 7.84. The van der Waals surface area contributed by atoms with E-state index in [2.05, 4.69) is 36.5 Å². The Labute approximate surface area is 114 Å². The first-order chi connectivity index (χ1) is 8.58. The van der Waals surface area contributed by atoms with Crippen LogP contribution >= 0.6 is 15.9 Å². The lowest BCUT2D eigenvalue weighted by Crippen LogP contribution is -2.03. The summed E-state index contributed by atoms with van der Waals surface area (Å²) in [6.07, 6.45) is 0. The molecular weight excluding hydrogens is 294 g/mol. The van der Waals surface area contributed by atoms with Crippen LogP contribution in [0.25, 0.3) is 0 Å². The molecule has 2 rings (SSSR count). The Hall–Kier alpha value is -1.82. The fraction of sp³-hybridized carbons (Fsp3) is 0.167. The standard InChI is InChI=1S/C12H14BrN5/c1-7-3-4-8(13)9(5-7)16-11-6-10(15-2)17-12(14)18-11/h3-6H,1-2H3,(H4,14,15,16,17,18). The van der Waals surface area contributed by atoms with Crippen LogP contribution in [0.2, 0.25) is 0 Å². The highest BCUT2D eigenvalue weighted by Gasteiger charge is 2.04. The molecule has 1 heterocycles. The Morgan fingerprint density at radius 3 is 2.61 bits per heavy atom. The van der Waals surface area contributed by atoms with E-state index >= 15 is 0 Å². The molecule has 0 unspecified atom stereocenters. The van der Waals surface area contributed by atoms with Gasteiger partial charge in [-0.3, -0.25) is 0 Å². The van der Waals surface area contributed by atoms with Gasteiger partial charge in [0.05, 0.1) is 5.69 Å². The predicted molar refractivity (Wildman–Crippen MR) is 78.2 cm³/mol. The fourth-order valence-corrected chi connectivity index (χ4v) is 1.88. The zero-order chi connectivity index (χ0) is 13.1. The smallest absolute Gasteiger partial charge is 0.223 e. The number of aromatic nitrogens is 2. The maximum Gasteiger partial charge on any atom is 0.223 e. The minimum Gasteiger partial charge on any atom is -0.373 e. The van der Waals surface area contributed by atoms with Gasteiger partial charge in [-0.1, -0.05) is 6.07 Å². The van der Waals surface area contributed by atoms with Crippen molar-refractivity contribution < 1.29 is 0 Å². The fourth-order valence-electron chi connectivity index (χ4n) is 1.53. The zero-order valence-electron chi connectivity index (χ0n) is 10.2. The Morgan fingerprint density at radius 1 is 1.17 bits per heavy atom. The molecule has 5 nitrogen and oxygen atoms in total. The predicted octanol–water partition coefficient (Wildman–Crippen LogP) is 2.92. The van der Waals surface area contributed by atoms with Crippen molar-refractivity contribution in [2.75, 3.05) is 23.4 Å². The van der Waals surface area contributed by atoms with Crippen LogP contribution in [0.15, 0.2) is 28.7 Å². The van der Waals surface area contributed by atoms with E-state index in [9.17, 15) is 0 Å². The van der Waals surface area contributed by atoms with E-state index in [0.717, 1.165) is 15.7 Å². The molecule has 0 amide bonds. The summed E-state index contributed by atoms with van der Waals surface area (Å²) < 4.78 is 0.969. The van der Waals surface area contributed by atoms with E-state index in [-0.39, 0.29) is 5.95 Å². The molecule has 0 fully saturated rings. The molecule has 4 N–H and O–H groups in total. The first-order valence-electron chi connectivity index (χ1n) is 5.44. The third-order valence-electron chi connectivity index (χ3n) is 2.38. The maximum absolute atomic E-state index is 5.64. The van der Waals surface area contributed by atoms with E-state index < -0.39 is 0 Å². The van der Waals surface area contributed by atoms with E-state index in [1.165, 1.54) is 0 Å². The first kappa shape index (κ1) is 12.6. The third-order valence-corrected chi connectivity index (χ3v) is 3.08. The van der Waals surface area contributed by atoms with Crippen molar-refractivity contribution >= 4 is 39.2 Å². The quantitative estimate of drug-likeness (QED) is 0.813. The number of nitrogens with zero attached hydrogens (tertiary/aromatic N) is 2. The minimum absolute atomic E-state index is 0.230. The van der Waals surface area contributed by atoms with E-state index in [0.29, 0.717) is 11.6 Å². The number of hydrogen-bond acceptors (Lipinski definition) is 5. The number of nitrogen functional groups attached to an aromatic ring is 1. The number of halogens is 1. The van der Waals surface area contributed by atoms with Crippen LogP contribution < -0.4 is 16.4 Å². The summed E-state index contributed by atoms with van der Waals surface area (Å²) in [5.41, 5.74) is 7.75. The van der Waals surface area contributed by atoms with Gasteiger partial charge in [0.15, 0.2) is 0 Å². The van der Waals surface area contributed by atoms with Gasteiger partial charge in [-0.05, 0) is 40.5 Å². The van der Waals surface area contributed by atoms with Crippen LogP contribution in [0.5, 0.6) is 0 Å². The van der Waals surface area contributed by atoms with Gasteiger partial charge < -0.3 is 16.4 Å². The van der Waals surface area contributed by atoms with Gasteiger partial charge in [0.25, 0.3) is 0 Å². The van der Waals surface area contributed by atoms with E-state index in [1.807, 2.05) is 25.1 Å². The van der Waals surface area contributed by atoms with Crippen molar-refractivity contribution in [3.63, 3.8) is 0 Å². The molecule has 1 aromatic heterocycles. The highest BCUT2D eigenvalue weighted by atomic mass is 79.9. The molecule has 0 bridgehead atoms. The average Bonchev–Trinajstić information content (AvgIpc) is 2.33. The van der Waals surface area contributed by atoms with Gasteiger partial charge >= 0.3 is 0 Å². The monoisotopic (exact) mass is 307 g/mol. The minimum atomic E-state index is 0.230. The molecule has 0 aliphatic rings. The maximum atomic E-state index is 5.64. The molecule has 1 aromatic carbocycles. The molecule has 0 spiro atoms. The summed E-state index contributed by atoms with van der Waals surface area (Å²) in [6.45, 7) is 2.03. The van der Waals surface area contributed by atoms with Crippen molar-refractivity contribution in [2.24, 2.45) is 0 Å². The first-order valence-corrected chi connectivity index (χ1v) is 6.23. The van der Waals surface area contributed by atoms with Crippen LogP contribution in [0.4, 0.5) is 23.3 Å². The van der Waals surface area contributed by atoms with Crippen LogP contribution in [-0.4, -0.2) is 17.0 Å². The number of nitrogens with two attached hydrogens (primary N) is 1. The van der Waals surface area contributed by atoms with Gasteiger partial charge in [-0.25, -0.2) is 0 Å². The average molecular weight is 308 g/mol. The lowest BCUT2D eigenvalue weighted by molar-refractivity contribution is 1.17. The summed E-state index contributed by atoms with van der Waals surface area (Å²) >= 11 is 3.49. The normalized spacial score (nSPS) is 10.2. The molecule has 0 saturated heterocycles. The second-order valence-corrected chi connectivity index (χ2v) is 4.71. The number of nitrogens with one attached hydrogen (secondary N) is 2. The number of hydrogen-bond donors (Lipinski definition) is 3. The third kappa shape index (κ3) is 2.89. The summed E-state index contributed by atoms with van der Waals surface area (Å²) in [5.74, 6) is 1.56. The van der Waals surface area contributed by atoms with Gasteiger partial charge in [0.2, 0.25) is 5.95 Å². The molecule has 94 valence electrons. The zero-order valence-corrected chi connectivity index (χ0v) is 11.7. The van der Waals surface area contributed by atoms with Gasteiger partial charge in [0.1, 0.15) is 11.6 Å². The van der Waals surface area contributed by atoms with Crippen LogP contribution in [0.3, 0.4) is 0 Å². The summed E-state index contributed by atoms with van der Waals surface area (Å²) in [4.78, 5) is 8.18. The Kier molecular flexibility index (Phi) is 3.66. The molecule has 2 aromatic rings. The number of anilines is 4. The number of rotatable bonds is 3. The molecular formula is C12H14BrN5. The van der Waals surface area contributed by atoms with Gasteiger partial charge in [-0.2, -0.15) is 9.97 Å². The van der Waals surface area contributed by atoms with Crippen LogP contribution in [-0.2, 0) is 0 Å². The van der Waals surface area contributed by atoms with Crippen molar-refractivity contribution in [1.82, 2.24) is 9.97 Å². The molecule has 18 heavy (non-hydrogen) atoms. The molecule has 6 heteroatoms. The second kappa shape index (κ2) is 5.22. The SMILES string of the molecule is CNc1cc(Nc2cc(C)ccc2Br)nc(N)n1. The highest BCUT2D eigenvalue weighted by Crippen LogP contribution is 2.26. The Balaban J connectivity index is 2.33. The van der Waals surface area contributed by atoms with Crippen LogP contribution in [0.1, 0.15) is 5.56 Å². The Bertz CT molecular complexity index is 570. The molecule has 0 atom stereocenters. The van der Waals surface area contributed by atoms with Crippen LogP contribution in [0, 0.1) is 6.92 Å². The van der Waals surface area contributed by atoms with Crippen molar-refractivity contribution in [3.8, 4) is 0 Å². The van der Waals surface area contributed by atoms with Crippen molar-refractivity contribution in [1.29, 1.82) is 0 Å². The highest BCUT2D eigenvalue weighted by molar-refractivity contribution is 9.10. The molecule has 0 aliphatic carbocycles. The summed E-state index contributed by atoms with van der Waals surface area (Å²) in [5, 5.41) is 6.15. The summed E-state index contributed by atoms with van der Waals surface area (Å²) in [7, 11) is 1.79. The number of benzene rings is 1. The van der Waals surface area contributed by atoms with E-state index in [1.54, 1.807) is 13.1 Å². The number of aryl methyl sites for hydroxylation is 1. The molecule has 0 radical (unpaired) electrons. The van der Waals surface area contributed by atoms with Crippen molar-refractivity contribution in [2.45, 2.75) is 6.92 Å². The van der Waals surface area contributed by atoms with Gasteiger partial charge in [-0.15, -0.1) is 0 Å². The second-order valence-electron chi connectivity index (χ2n) is 3.85. The molecule has 0 aliphatic heterocycles. The lowest BCUT2D eigenvalue weighted by Gasteiger charge is -2.10. The molecule has 0 saturated carbocycles. The lowest BCUT2D eigenvalue weighted by atomic mass is 10.2.